The molecule has 2 rings (SSSR count). The summed E-state index contributed by atoms with van der Waals surface area (Å²) in [6, 6.07) is 0. The fourth-order valence-corrected chi connectivity index (χ4v) is 4.37. The number of hydrogen-bond acceptors (Lipinski definition) is 1. The number of piperidine rings is 1. The van der Waals surface area contributed by atoms with Crippen molar-refractivity contribution in [2.45, 2.75) is 64.7 Å². The van der Waals surface area contributed by atoms with Crippen molar-refractivity contribution in [3.8, 4) is 0 Å². The van der Waals surface area contributed by atoms with E-state index >= 15 is 0 Å². The molecule has 0 aromatic carbocycles. The molecule has 0 bridgehead atoms. The molecule has 1 aliphatic heterocycles. The summed E-state index contributed by atoms with van der Waals surface area (Å²) in [6.45, 7) is 9.87. The number of nitrogens with zero attached hydrogens (tertiary/aromatic N) is 1. The molecular formula is C20H35N. The third kappa shape index (κ3) is 5.62. The van der Waals surface area contributed by atoms with Crippen molar-refractivity contribution in [3.63, 3.8) is 0 Å². The minimum Gasteiger partial charge on any atom is -0.303 e. The predicted octanol–water partition coefficient (Wildman–Crippen LogP) is 5.44. The first-order valence-electron chi connectivity index (χ1n) is 9.28. The molecule has 0 aromatic rings. The molecular weight excluding hydrogens is 254 g/mol. The Morgan fingerprint density at radius 3 is 2.24 bits per heavy atom. The molecule has 2 fully saturated rings. The lowest BCUT2D eigenvalue weighted by atomic mass is 9.72. The predicted molar refractivity (Wildman–Crippen MR) is 93.5 cm³/mol. The molecule has 0 radical (unpaired) electrons. The summed E-state index contributed by atoms with van der Waals surface area (Å²) in [7, 11) is 0. The Morgan fingerprint density at radius 1 is 0.952 bits per heavy atom. The van der Waals surface area contributed by atoms with E-state index in [-0.39, 0.29) is 0 Å². The lowest BCUT2D eigenvalue weighted by molar-refractivity contribution is 0.115. The molecule has 1 aliphatic carbocycles. The zero-order chi connectivity index (χ0) is 14.9. The Bertz CT molecular complexity index is 304. The highest BCUT2D eigenvalue weighted by Gasteiger charge is 2.29. The van der Waals surface area contributed by atoms with Crippen molar-refractivity contribution < 1.29 is 0 Å². The van der Waals surface area contributed by atoms with Crippen LogP contribution in [0.2, 0.25) is 0 Å². The third-order valence-corrected chi connectivity index (χ3v) is 5.82. The SMILES string of the molecule is C=CCCN1CCC(C2CCC(CC/C=C/C)CC2)CC1. The quantitative estimate of drug-likeness (QED) is 0.564. The van der Waals surface area contributed by atoms with Gasteiger partial charge in [-0.3, -0.25) is 0 Å². The van der Waals surface area contributed by atoms with E-state index in [1.807, 2.05) is 0 Å². The number of rotatable bonds is 7. The molecule has 2 aliphatic rings. The largest absolute Gasteiger partial charge is 0.303 e. The first-order chi connectivity index (χ1) is 10.3. The Labute approximate surface area is 132 Å². The molecule has 0 N–H and O–H groups in total. The molecule has 0 aromatic heterocycles. The van der Waals surface area contributed by atoms with Crippen molar-refractivity contribution in [3.05, 3.63) is 24.8 Å². The summed E-state index contributed by atoms with van der Waals surface area (Å²) in [5.41, 5.74) is 0. The van der Waals surface area contributed by atoms with Gasteiger partial charge in [-0.2, -0.15) is 0 Å². The second-order valence-corrected chi connectivity index (χ2v) is 7.18. The van der Waals surface area contributed by atoms with Gasteiger partial charge in [0.25, 0.3) is 0 Å². The van der Waals surface area contributed by atoms with Crippen molar-refractivity contribution in [2.75, 3.05) is 19.6 Å². The van der Waals surface area contributed by atoms with Crippen LogP contribution in [-0.4, -0.2) is 24.5 Å². The van der Waals surface area contributed by atoms with Gasteiger partial charge in [0.2, 0.25) is 0 Å². The minimum atomic E-state index is 1.02. The highest BCUT2D eigenvalue weighted by molar-refractivity contribution is 4.84. The van der Waals surface area contributed by atoms with Crippen LogP contribution < -0.4 is 0 Å². The average Bonchev–Trinajstić information content (AvgIpc) is 2.54. The van der Waals surface area contributed by atoms with Gasteiger partial charge in [-0.25, -0.2) is 0 Å². The maximum absolute atomic E-state index is 3.84. The van der Waals surface area contributed by atoms with Crippen molar-refractivity contribution in [2.24, 2.45) is 17.8 Å². The molecule has 120 valence electrons. The molecule has 1 saturated carbocycles. The van der Waals surface area contributed by atoms with Gasteiger partial charge >= 0.3 is 0 Å². The highest BCUT2D eigenvalue weighted by atomic mass is 15.1. The van der Waals surface area contributed by atoms with Crippen molar-refractivity contribution in [1.82, 2.24) is 4.90 Å². The summed E-state index contributed by atoms with van der Waals surface area (Å²) in [5, 5.41) is 0. The van der Waals surface area contributed by atoms with Gasteiger partial charge < -0.3 is 4.90 Å². The molecule has 1 nitrogen and oxygen atoms in total. The minimum absolute atomic E-state index is 1.02. The van der Waals surface area contributed by atoms with Crippen LogP contribution in [0.5, 0.6) is 0 Å². The molecule has 0 spiro atoms. The van der Waals surface area contributed by atoms with Gasteiger partial charge in [0.1, 0.15) is 0 Å². The fourth-order valence-electron chi connectivity index (χ4n) is 4.37. The Kier molecular flexibility index (Phi) is 7.57. The first-order valence-corrected chi connectivity index (χ1v) is 9.28. The zero-order valence-corrected chi connectivity index (χ0v) is 14.1. The van der Waals surface area contributed by atoms with E-state index < -0.39 is 0 Å². The lowest BCUT2D eigenvalue weighted by Gasteiger charge is -2.39. The van der Waals surface area contributed by atoms with Gasteiger partial charge in [-0.1, -0.05) is 31.1 Å². The van der Waals surface area contributed by atoms with Gasteiger partial charge in [-0.05, 0) is 82.7 Å². The second kappa shape index (κ2) is 9.46. The van der Waals surface area contributed by atoms with Crippen LogP contribution in [-0.2, 0) is 0 Å². The fraction of sp³-hybridized carbons (Fsp3) is 0.800. The summed E-state index contributed by atoms with van der Waals surface area (Å²) in [4.78, 5) is 2.64. The zero-order valence-electron chi connectivity index (χ0n) is 14.1. The topological polar surface area (TPSA) is 3.24 Å². The average molecular weight is 290 g/mol. The summed E-state index contributed by atoms with van der Waals surface area (Å²) in [5.74, 6) is 3.09. The molecule has 1 saturated heterocycles. The number of allylic oxidation sites excluding steroid dienone is 2. The summed E-state index contributed by atoms with van der Waals surface area (Å²) >= 11 is 0. The number of hydrogen-bond donors (Lipinski definition) is 0. The molecule has 0 amide bonds. The van der Waals surface area contributed by atoms with Crippen molar-refractivity contribution in [1.29, 1.82) is 0 Å². The van der Waals surface area contributed by atoms with E-state index in [1.165, 1.54) is 71.0 Å². The Balaban J connectivity index is 1.63. The van der Waals surface area contributed by atoms with Crippen LogP contribution in [0, 0.1) is 17.8 Å². The second-order valence-electron chi connectivity index (χ2n) is 7.18. The van der Waals surface area contributed by atoms with E-state index in [0.29, 0.717) is 0 Å². The van der Waals surface area contributed by atoms with Gasteiger partial charge in [0.15, 0.2) is 0 Å². The smallest absolute Gasteiger partial charge is 0.00158 e. The monoisotopic (exact) mass is 289 g/mol. The molecule has 1 heterocycles. The maximum Gasteiger partial charge on any atom is 0.00158 e. The molecule has 21 heavy (non-hydrogen) atoms. The van der Waals surface area contributed by atoms with Crippen LogP contribution in [0.1, 0.15) is 64.7 Å². The van der Waals surface area contributed by atoms with Crippen LogP contribution in [0.25, 0.3) is 0 Å². The first kappa shape index (κ1) is 16.8. The van der Waals surface area contributed by atoms with Gasteiger partial charge in [0.05, 0.1) is 0 Å². The standard InChI is InChI=1S/C20H35N/c1-3-5-7-8-18-9-11-19(12-10-18)20-13-16-21(17-14-20)15-6-4-2/h3-5,18-20H,2,6-17H2,1H3/b5-3+. The lowest BCUT2D eigenvalue weighted by Crippen LogP contribution is -2.37. The van der Waals surface area contributed by atoms with Crippen molar-refractivity contribution >= 4 is 0 Å². The van der Waals surface area contributed by atoms with E-state index in [9.17, 15) is 0 Å². The Morgan fingerprint density at radius 2 is 1.62 bits per heavy atom. The molecule has 0 atom stereocenters. The van der Waals surface area contributed by atoms with E-state index in [1.54, 1.807) is 0 Å². The normalized spacial score (nSPS) is 29.0. The van der Waals surface area contributed by atoms with E-state index in [2.05, 4.69) is 36.6 Å². The molecule has 1 heteroatoms. The third-order valence-electron chi connectivity index (χ3n) is 5.82. The maximum atomic E-state index is 3.84. The Hall–Kier alpha value is -0.560. The van der Waals surface area contributed by atoms with Crippen LogP contribution >= 0.6 is 0 Å². The van der Waals surface area contributed by atoms with Crippen LogP contribution in [0.3, 0.4) is 0 Å². The summed E-state index contributed by atoms with van der Waals surface area (Å²) in [6.07, 6.45) is 19.4. The summed E-state index contributed by atoms with van der Waals surface area (Å²) < 4.78 is 0. The van der Waals surface area contributed by atoms with Crippen LogP contribution in [0.15, 0.2) is 24.8 Å². The highest BCUT2D eigenvalue weighted by Crippen LogP contribution is 2.39. The van der Waals surface area contributed by atoms with Gasteiger partial charge in [-0.15, -0.1) is 6.58 Å². The van der Waals surface area contributed by atoms with Gasteiger partial charge in [0, 0.05) is 6.54 Å². The van der Waals surface area contributed by atoms with E-state index in [4.69, 9.17) is 0 Å². The van der Waals surface area contributed by atoms with Crippen LogP contribution in [0.4, 0.5) is 0 Å². The number of likely N-dealkylation sites (tertiary alicyclic amines) is 1. The van der Waals surface area contributed by atoms with E-state index in [0.717, 1.165) is 24.2 Å². The molecule has 0 unspecified atom stereocenters.